The summed E-state index contributed by atoms with van der Waals surface area (Å²) >= 11 is 0. The molecule has 0 atom stereocenters. The Bertz CT molecular complexity index is 971. The van der Waals surface area contributed by atoms with Crippen molar-refractivity contribution in [3.63, 3.8) is 0 Å². The fourth-order valence-electron chi connectivity index (χ4n) is 2.51. The largest absolute Gasteiger partial charge is 0.497 e. The maximum Gasteiger partial charge on any atom is 0.331 e. The minimum Gasteiger partial charge on any atom is -0.497 e. The summed E-state index contributed by atoms with van der Waals surface area (Å²) in [6.07, 6.45) is 4.00. The number of aromatic amines is 1. The molecule has 144 valence electrons. The minimum absolute atomic E-state index is 0.203. The number of unbranched alkanes of at least 4 members (excludes halogenated alkanes) is 1. The molecule has 2 aromatic rings. The lowest BCUT2D eigenvalue weighted by Gasteiger charge is -2.09. The summed E-state index contributed by atoms with van der Waals surface area (Å²) in [6.45, 7) is 2.12. The van der Waals surface area contributed by atoms with Gasteiger partial charge in [-0.3, -0.25) is 19.1 Å². The second kappa shape index (κ2) is 8.88. The number of allylic oxidation sites excluding steroid dienone is 1. The normalized spacial score (nSPS) is 10.9. The van der Waals surface area contributed by atoms with Crippen LogP contribution in [0.3, 0.4) is 0 Å². The van der Waals surface area contributed by atoms with Crippen molar-refractivity contribution in [1.82, 2.24) is 9.55 Å². The fourth-order valence-corrected chi connectivity index (χ4v) is 2.51. The lowest BCUT2D eigenvalue weighted by Crippen LogP contribution is -2.33. The van der Waals surface area contributed by atoms with E-state index in [1.807, 2.05) is 6.92 Å². The third-order valence-corrected chi connectivity index (χ3v) is 4.01. The molecule has 1 aromatic heterocycles. The molecule has 0 fully saturated rings. The van der Waals surface area contributed by atoms with Gasteiger partial charge >= 0.3 is 5.69 Å². The lowest BCUT2D eigenvalue weighted by molar-refractivity contribution is 0.104. The van der Waals surface area contributed by atoms with E-state index in [9.17, 15) is 19.5 Å². The van der Waals surface area contributed by atoms with E-state index < -0.39 is 28.5 Å². The van der Waals surface area contributed by atoms with Gasteiger partial charge in [-0.2, -0.15) is 0 Å². The van der Waals surface area contributed by atoms with E-state index in [0.29, 0.717) is 23.5 Å². The monoisotopic (exact) mass is 374 g/mol. The van der Waals surface area contributed by atoms with Crippen LogP contribution < -0.4 is 20.7 Å². The number of carbonyl (C=O) groups excluding carboxylic acids is 1. The molecule has 0 radical (unpaired) electrons. The predicted molar refractivity (Wildman–Crippen MR) is 101 cm³/mol. The molecule has 8 heteroatoms. The number of hydrogen-bond donors (Lipinski definition) is 2. The van der Waals surface area contributed by atoms with E-state index >= 15 is 0 Å². The molecule has 0 aliphatic heterocycles. The average Bonchev–Trinajstić information content (AvgIpc) is 2.65. The van der Waals surface area contributed by atoms with Gasteiger partial charge in [-0.05, 0) is 30.7 Å². The van der Waals surface area contributed by atoms with Gasteiger partial charge in [0, 0.05) is 18.2 Å². The maximum atomic E-state index is 12.5. The zero-order valence-corrected chi connectivity index (χ0v) is 15.4. The van der Waals surface area contributed by atoms with Gasteiger partial charge in [-0.25, -0.2) is 4.79 Å². The van der Waals surface area contributed by atoms with Crippen molar-refractivity contribution < 1.29 is 19.4 Å². The van der Waals surface area contributed by atoms with E-state index in [1.54, 1.807) is 18.2 Å². The number of hydrogen-bond acceptors (Lipinski definition) is 6. The van der Waals surface area contributed by atoms with Crippen LogP contribution in [0, 0.1) is 0 Å². The second-order valence-corrected chi connectivity index (χ2v) is 5.77. The smallest absolute Gasteiger partial charge is 0.331 e. The van der Waals surface area contributed by atoms with E-state index in [4.69, 9.17) is 9.47 Å². The number of ether oxygens (including phenoxy) is 2. The molecule has 0 aliphatic rings. The van der Waals surface area contributed by atoms with Gasteiger partial charge in [-0.15, -0.1) is 0 Å². The highest BCUT2D eigenvalue weighted by molar-refractivity contribution is 6.08. The molecule has 2 rings (SSSR count). The number of nitrogens with one attached hydrogen (secondary N) is 1. The average molecular weight is 374 g/mol. The molecule has 0 saturated carbocycles. The fraction of sp³-hybridized carbons (Fsp3) is 0.316. The van der Waals surface area contributed by atoms with Crippen molar-refractivity contribution in [2.45, 2.75) is 26.3 Å². The molecule has 2 N–H and O–H groups in total. The molecule has 0 bridgehead atoms. The number of aromatic nitrogens is 2. The molecule has 0 aliphatic carbocycles. The Balaban J connectivity index is 2.40. The summed E-state index contributed by atoms with van der Waals surface area (Å²) in [5, 5.41) is 10.3. The number of aromatic hydroxyl groups is 1. The molecule has 0 saturated heterocycles. The topological polar surface area (TPSA) is 111 Å². The predicted octanol–water partition coefficient (Wildman–Crippen LogP) is 1.96. The highest BCUT2D eigenvalue weighted by Gasteiger charge is 2.19. The summed E-state index contributed by atoms with van der Waals surface area (Å²) in [4.78, 5) is 38.4. The summed E-state index contributed by atoms with van der Waals surface area (Å²) in [7, 11) is 3.00. The first-order valence-corrected chi connectivity index (χ1v) is 8.43. The standard InChI is InChI=1S/C19H22N2O6/c1-4-5-10-21-18(24)16(17(23)20-19(21)25)14(22)9-7-12-6-8-13(26-2)11-15(12)27-3/h6-9,11,24H,4-5,10H2,1-3H3,(H,20,23,25)/b9-7+. The van der Waals surface area contributed by atoms with Gasteiger partial charge in [0.1, 0.15) is 17.1 Å². The van der Waals surface area contributed by atoms with Crippen molar-refractivity contribution in [2.75, 3.05) is 14.2 Å². The first-order chi connectivity index (χ1) is 12.9. The van der Waals surface area contributed by atoms with Gasteiger partial charge < -0.3 is 14.6 Å². The molecule has 1 heterocycles. The molecule has 0 amide bonds. The minimum atomic E-state index is -0.929. The molecule has 1 aromatic carbocycles. The number of H-pyrrole nitrogens is 1. The molecule has 27 heavy (non-hydrogen) atoms. The van der Waals surface area contributed by atoms with Gasteiger partial charge in [0.25, 0.3) is 5.56 Å². The SMILES string of the molecule is CCCCn1c(O)c(C(=O)/C=C/c2ccc(OC)cc2OC)c(=O)[nH]c1=O. The number of ketones is 1. The summed E-state index contributed by atoms with van der Waals surface area (Å²) in [5.41, 5.74) is -1.57. The van der Waals surface area contributed by atoms with Gasteiger partial charge in [0.2, 0.25) is 5.88 Å². The Kier molecular flexibility index (Phi) is 6.59. The summed E-state index contributed by atoms with van der Waals surface area (Å²) < 4.78 is 11.3. The number of methoxy groups -OCH3 is 2. The van der Waals surface area contributed by atoms with Crippen molar-refractivity contribution in [1.29, 1.82) is 0 Å². The second-order valence-electron chi connectivity index (χ2n) is 5.77. The van der Waals surface area contributed by atoms with Crippen molar-refractivity contribution in [2.24, 2.45) is 0 Å². The van der Waals surface area contributed by atoms with E-state index in [-0.39, 0.29) is 6.54 Å². The highest BCUT2D eigenvalue weighted by atomic mass is 16.5. The third kappa shape index (κ3) is 4.46. The third-order valence-electron chi connectivity index (χ3n) is 4.01. The zero-order chi connectivity index (χ0) is 20.0. The van der Waals surface area contributed by atoms with Crippen LogP contribution >= 0.6 is 0 Å². The number of carbonyl (C=O) groups is 1. The van der Waals surface area contributed by atoms with Crippen LogP contribution in [-0.4, -0.2) is 34.7 Å². The zero-order valence-electron chi connectivity index (χ0n) is 15.4. The molecule has 8 nitrogen and oxygen atoms in total. The van der Waals surface area contributed by atoms with Crippen molar-refractivity contribution in [3.05, 3.63) is 56.2 Å². The molecular weight excluding hydrogens is 352 g/mol. The summed E-state index contributed by atoms with van der Waals surface area (Å²) in [5.74, 6) is -0.290. The van der Waals surface area contributed by atoms with E-state index in [0.717, 1.165) is 17.1 Å². The number of rotatable bonds is 8. The molecule has 0 spiro atoms. The quantitative estimate of drug-likeness (QED) is 0.540. The van der Waals surface area contributed by atoms with Gasteiger partial charge in [0.15, 0.2) is 5.78 Å². The maximum absolute atomic E-state index is 12.5. The lowest BCUT2D eigenvalue weighted by atomic mass is 10.1. The summed E-state index contributed by atoms with van der Waals surface area (Å²) in [6, 6.07) is 5.04. The van der Waals surface area contributed by atoms with E-state index in [1.165, 1.54) is 20.3 Å². The van der Waals surface area contributed by atoms with Gasteiger partial charge in [0.05, 0.1) is 14.2 Å². The number of benzene rings is 1. The first-order valence-electron chi connectivity index (χ1n) is 8.43. The van der Waals surface area contributed by atoms with Crippen LogP contribution in [0.1, 0.15) is 35.7 Å². The Labute approximate surface area is 155 Å². The van der Waals surface area contributed by atoms with Crippen LogP contribution in [0.15, 0.2) is 33.9 Å². The Morgan fingerprint density at radius 1 is 1.26 bits per heavy atom. The Morgan fingerprint density at radius 2 is 2.00 bits per heavy atom. The molecule has 0 unspecified atom stereocenters. The highest BCUT2D eigenvalue weighted by Crippen LogP contribution is 2.25. The van der Waals surface area contributed by atoms with Crippen molar-refractivity contribution >= 4 is 11.9 Å². The van der Waals surface area contributed by atoms with Crippen molar-refractivity contribution in [3.8, 4) is 17.4 Å². The van der Waals surface area contributed by atoms with E-state index in [2.05, 4.69) is 4.98 Å². The van der Waals surface area contributed by atoms with Crippen LogP contribution in [0.4, 0.5) is 0 Å². The van der Waals surface area contributed by atoms with Crippen LogP contribution in [0.2, 0.25) is 0 Å². The molecular formula is C19H22N2O6. The number of nitrogens with zero attached hydrogens (tertiary/aromatic N) is 1. The van der Waals surface area contributed by atoms with Crippen LogP contribution in [0.25, 0.3) is 6.08 Å². The van der Waals surface area contributed by atoms with Gasteiger partial charge in [-0.1, -0.05) is 13.3 Å². The Morgan fingerprint density at radius 3 is 2.63 bits per heavy atom. The van der Waals surface area contributed by atoms with Crippen LogP contribution in [-0.2, 0) is 6.54 Å². The first kappa shape index (κ1) is 20.0. The van der Waals surface area contributed by atoms with Crippen LogP contribution in [0.5, 0.6) is 17.4 Å². The Hall–Kier alpha value is -3.29.